The van der Waals surface area contributed by atoms with Crippen LogP contribution in [0.15, 0.2) is 84.0 Å². The number of amides is 3. The summed E-state index contributed by atoms with van der Waals surface area (Å²) < 4.78 is 24.9. The fraction of sp³-hybridized carbons (Fsp3) is 0.342. The van der Waals surface area contributed by atoms with E-state index in [-0.39, 0.29) is 47.8 Å². The van der Waals surface area contributed by atoms with E-state index >= 15 is 0 Å². The van der Waals surface area contributed by atoms with Gasteiger partial charge < -0.3 is 56.3 Å². The van der Waals surface area contributed by atoms with Crippen molar-refractivity contribution in [2.75, 3.05) is 41.8 Å². The molecule has 0 bridgehead atoms. The molecule has 1 aliphatic heterocycles. The molecule has 19 nitrogen and oxygen atoms in total. The molecule has 5 atom stereocenters. The second-order valence-electron chi connectivity index (χ2n) is 14.3. The van der Waals surface area contributed by atoms with Crippen molar-refractivity contribution in [3.05, 3.63) is 90.3 Å². The summed E-state index contributed by atoms with van der Waals surface area (Å²) in [4.78, 5) is 41.5. The average molecular weight is 817 g/mol. The van der Waals surface area contributed by atoms with E-state index in [0.717, 1.165) is 11.1 Å². The number of imidazole rings is 1. The fourth-order valence-corrected chi connectivity index (χ4v) is 7.92. The molecule has 3 heterocycles. The Morgan fingerprint density at radius 3 is 2.17 bits per heavy atom. The third kappa shape index (κ3) is 8.90. The maximum Gasteiger partial charge on any atom is 0.319 e. The zero-order valence-corrected chi connectivity index (χ0v) is 31.8. The number of carbonyl (C=O) groups is 2. The summed E-state index contributed by atoms with van der Waals surface area (Å²) in [5.74, 6) is 0.136. The van der Waals surface area contributed by atoms with Gasteiger partial charge in [0.15, 0.2) is 17.0 Å². The lowest BCUT2D eigenvalue weighted by Crippen LogP contribution is -2.43. The van der Waals surface area contributed by atoms with E-state index in [1.54, 1.807) is 53.1 Å². The minimum atomic E-state index is -3.89. The van der Waals surface area contributed by atoms with Gasteiger partial charge in [-0.3, -0.25) is 4.79 Å². The second-order valence-corrected chi connectivity index (χ2v) is 15.9. The van der Waals surface area contributed by atoms with Gasteiger partial charge in [-0.25, -0.2) is 23.3 Å². The number of phenols is 2. The Labute approximate surface area is 332 Å². The Morgan fingerprint density at radius 1 is 0.897 bits per heavy atom. The first-order chi connectivity index (χ1) is 27.8. The molecule has 1 saturated carbocycles. The largest absolute Gasteiger partial charge is 0.508 e. The summed E-state index contributed by atoms with van der Waals surface area (Å²) in [6.45, 7) is 0.711. The van der Waals surface area contributed by atoms with Gasteiger partial charge in [0.25, 0.3) is 0 Å². The first kappa shape index (κ1) is 40.1. The highest BCUT2D eigenvalue weighted by atomic mass is 32.2. The predicted molar refractivity (Wildman–Crippen MR) is 212 cm³/mol. The number of phenolic OH excluding ortho intramolecular Hbond substituents is 2. The molecule has 3 amide bonds. The fourth-order valence-electron chi connectivity index (χ4n) is 7.40. The average Bonchev–Trinajstić information content (AvgIpc) is 3.91. The van der Waals surface area contributed by atoms with Crippen molar-refractivity contribution in [2.45, 2.75) is 60.4 Å². The number of nitrogens with one attached hydrogen (secondary N) is 4. The van der Waals surface area contributed by atoms with Gasteiger partial charge in [-0.05, 0) is 72.5 Å². The highest BCUT2D eigenvalue weighted by molar-refractivity contribution is 7.89. The normalized spacial score (nSPS) is 20.7. The van der Waals surface area contributed by atoms with Crippen LogP contribution in [0.4, 0.5) is 22.2 Å². The van der Waals surface area contributed by atoms with E-state index in [9.17, 15) is 43.5 Å². The number of carbonyl (C=O) groups excluding carboxylic acids is 2. The number of urea groups is 1. The van der Waals surface area contributed by atoms with Crippen molar-refractivity contribution in [3.63, 3.8) is 0 Å². The third-order valence-corrected chi connectivity index (χ3v) is 11.3. The smallest absolute Gasteiger partial charge is 0.319 e. The van der Waals surface area contributed by atoms with Crippen LogP contribution in [-0.2, 0) is 14.8 Å². The Bertz CT molecular complexity index is 2320. The van der Waals surface area contributed by atoms with Crippen molar-refractivity contribution in [1.29, 1.82) is 0 Å². The number of rotatable bonds is 13. The van der Waals surface area contributed by atoms with Crippen LogP contribution in [0.25, 0.3) is 11.2 Å². The standard InChI is InChI=1S/C38H44N10O9S/c39-58(56,57)27-11-5-23(6-12-27)42-38(55)43-24-13-15-47(19-24)37-45-35(40-18-28(21-1-7-25(50)8-2-21)22-3-9-26(51)10-4-22)32-36(46-37)48(20-41-32)30-17-29(33(53)34(30)54)44-31(52)14-16-49/h1-12,20,24,28-30,33-34,49-51,53-54H,13-19H2,(H,44,52)(H2,39,56,57)(H,40,45,46)(H2,42,43,55)/t24-,29+,30-,33-,34+/m1/s1. The molecule has 1 aliphatic carbocycles. The zero-order valence-electron chi connectivity index (χ0n) is 31.0. The van der Waals surface area contributed by atoms with Crippen LogP contribution in [0.2, 0.25) is 0 Å². The summed E-state index contributed by atoms with van der Waals surface area (Å²) in [7, 11) is -3.89. The van der Waals surface area contributed by atoms with E-state index in [1.165, 1.54) is 30.6 Å². The molecule has 1 saturated heterocycles. The number of hydrogen-bond donors (Lipinski definition) is 10. The molecule has 20 heteroatoms. The predicted octanol–water partition coefficient (Wildman–Crippen LogP) is 1.06. The maximum absolute atomic E-state index is 12.9. The number of aromatic hydroxyl groups is 2. The van der Waals surface area contributed by atoms with Crippen molar-refractivity contribution < 1.29 is 43.5 Å². The number of nitrogens with zero attached hydrogens (tertiary/aromatic N) is 5. The molecule has 2 aromatic heterocycles. The Morgan fingerprint density at radius 2 is 1.55 bits per heavy atom. The lowest BCUT2D eigenvalue weighted by atomic mass is 9.91. The number of aliphatic hydroxyl groups excluding tert-OH is 3. The van der Waals surface area contributed by atoms with Gasteiger partial charge in [0.1, 0.15) is 23.7 Å². The van der Waals surface area contributed by atoms with Gasteiger partial charge in [-0.2, -0.15) is 9.97 Å². The van der Waals surface area contributed by atoms with Gasteiger partial charge >= 0.3 is 6.03 Å². The van der Waals surface area contributed by atoms with Crippen LogP contribution >= 0.6 is 0 Å². The summed E-state index contributed by atoms with van der Waals surface area (Å²) in [6, 6.07) is 16.7. The molecular formula is C38H44N10O9S. The SMILES string of the molecule is NS(=O)(=O)c1ccc(NC(=O)N[C@@H]2CCN(c3nc(NCC(c4ccc(O)cc4)c4ccc(O)cc4)c4ncn([C@@H]5C[C@H](NC(=O)CCO)[C@@H](O)[C@H]5O)c4n3)C2)cc1. The van der Waals surface area contributed by atoms with Crippen LogP contribution < -0.4 is 31.3 Å². The number of primary sulfonamides is 1. The molecule has 2 fully saturated rings. The number of anilines is 3. The molecule has 0 radical (unpaired) electrons. The minimum Gasteiger partial charge on any atom is -0.508 e. The third-order valence-electron chi connectivity index (χ3n) is 10.4. The zero-order chi connectivity index (χ0) is 41.1. The highest BCUT2D eigenvalue weighted by Gasteiger charge is 2.44. The Hall–Kier alpha value is -6.06. The molecule has 3 aromatic carbocycles. The van der Waals surface area contributed by atoms with Crippen LogP contribution in [0.1, 0.15) is 42.3 Å². The second kappa shape index (κ2) is 16.8. The minimum absolute atomic E-state index is 0.0865. The Balaban J connectivity index is 1.16. The number of sulfonamides is 1. The van der Waals surface area contributed by atoms with E-state index in [1.807, 2.05) is 4.90 Å². The van der Waals surface area contributed by atoms with Gasteiger partial charge in [0.05, 0.1) is 29.9 Å². The van der Waals surface area contributed by atoms with E-state index in [4.69, 9.17) is 15.1 Å². The summed E-state index contributed by atoms with van der Waals surface area (Å²) >= 11 is 0. The van der Waals surface area contributed by atoms with Crippen LogP contribution in [0.5, 0.6) is 11.5 Å². The van der Waals surface area contributed by atoms with Crippen molar-refractivity contribution >= 4 is 50.6 Å². The van der Waals surface area contributed by atoms with Crippen LogP contribution in [-0.4, -0.2) is 116 Å². The molecule has 11 N–H and O–H groups in total. The van der Waals surface area contributed by atoms with Crippen molar-refractivity contribution in [3.8, 4) is 11.5 Å². The molecule has 7 rings (SSSR count). The molecular weight excluding hydrogens is 773 g/mol. The Kier molecular flexibility index (Phi) is 11.6. The number of benzene rings is 3. The molecule has 0 unspecified atom stereocenters. The lowest BCUT2D eigenvalue weighted by molar-refractivity contribution is -0.123. The van der Waals surface area contributed by atoms with E-state index < -0.39 is 46.3 Å². The monoisotopic (exact) mass is 816 g/mol. The van der Waals surface area contributed by atoms with Crippen molar-refractivity contribution in [1.82, 2.24) is 30.2 Å². The van der Waals surface area contributed by atoms with Crippen molar-refractivity contribution in [2.24, 2.45) is 5.14 Å². The van der Waals surface area contributed by atoms with Crippen LogP contribution in [0.3, 0.4) is 0 Å². The molecule has 5 aromatic rings. The van der Waals surface area contributed by atoms with Gasteiger partial charge in [-0.1, -0.05) is 24.3 Å². The number of nitrogens with two attached hydrogens (primary N) is 1. The first-order valence-corrected chi connectivity index (χ1v) is 20.1. The first-order valence-electron chi connectivity index (χ1n) is 18.6. The quantitative estimate of drug-likeness (QED) is 0.0796. The van der Waals surface area contributed by atoms with Gasteiger partial charge in [-0.15, -0.1) is 0 Å². The molecule has 0 spiro atoms. The van der Waals surface area contributed by atoms with E-state index in [2.05, 4.69) is 26.3 Å². The number of aliphatic hydroxyl groups is 3. The molecule has 306 valence electrons. The van der Waals surface area contributed by atoms with Gasteiger partial charge in [0.2, 0.25) is 21.9 Å². The highest BCUT2D eigenvalue weighted by Crippen LogP contribution is 2.36. The maximum atomic E-state index is 12.9. The summed E-state index contributed by atoms with van der Waals surface area (Å²) in [6.07, 6.45) is -0.572. The molecule has 58 heavy (non-hydrogen) atoms. The summed E-state index contributed by atoms with van der Waals surface area (Å²) in [5, 5.41) is 68.2. The van der Waals surface area contributed by atoms with Gasteiger partial charge in [0, 0.05) is 43.7 Å². The topological polar surface area (TPSA) is 290 Å². The van der Waals surface area contributed by atoms with E-state index in [0.29, 0.717) is 54.7 Å². The number of hydrogen-bond acceptors (Lipinski definition) is 14. The summed E-state index contributed by atoms with van der Waals surface area (Å²) in [5.41, 5.74) is 2.82. The number of aromatic nitrogens is 4. The lowest BCUT2D eigenvalue weighted by Gasteiger charge is -2.22. The molecule has 2 aliphatic rings. The van der Waals surface area contributed by atoms with Crippen LogP contribution in [0, 0.1) is 0 Å². The number of fused-ring (bicyclic) bond motifs is 1.